The average molecular weight is 405 g/mol. The number of phenols is 1. The van der Waals surface area contributed by atoms with Crippen molar-refractivity contribution >= 4 is 17.6 Å². The third-order valence-corrected chi connectivity index (χ3v) is 3.94. The van der Waals surface area contributed by atoms with Crippen molar-refractivity contribution in [1.82, 2.24) is 0 Å². The van der Waals surface area contributed by atoms with Crippen LogP contribution in [-0.2, 0) is 4.74 Å². The summed E-state index contributed by atoms with van der Waals surface area (Å²) in [6, 6.07) is 7.59. The van der Waals surface area contributed by atoms with Crippen molar-refractivity contribution in [2.75, 3.05) is 39.4 Å². The second-order valence-corrected chi connectivity index (χ2v) is 5.71. The largest absolute Gasteiger partial charge is 0.505 e. The molecule has 1 amide bonds. The minimum absolute atomic E-state index is 0.0496. The Morgan fingerprint density at radius 1 is 1.03 bits per heavy atom. The Morgan fingerprint density at radius 3 is 2.24 bits per heavy atom. The van der Waals surface area contributed by atoms with E-state index in [0.717, 1.165) is 0 Å². The Hall–Kier alpha value is -3.46. The predicted molar refractivity (Wildman–Crippen MR) is 105 cm³/mol. The smallest absolute Gasteiger partial charge is 0.343 e. The van der Waals surface area contributed by atoms with Crippen LogP contribution in [0.2, 0.25) is 0 Å². The quantitative estimate of drug-likeness (QED) is 0.407. The number of carbonyl (C=O) groups is 2. The van der Waals surface area contributed by atoms with Crippen LogP contribution in [-0.4, -0.2) is 56.1 Å². The summed E-state index contributed by atoms with van der Waals surface area (Å²) in [7, 11) is 2.58. The van der Waals surface area contributed by atoms with Crippen LogP contribution in [0.3, 0.4) is 0 Å². The fourth-order valence-corrected chi connectivity index (χ4v) is 2.52. The molecule has 156 valence electrons. The fraction of sp³-hybridized carbons (Fsp3) is 0.300. The van der Waals surface area contributed by atoms with Gasteiger partial charge in [-0.3, -0.25) is 4.79 Å². The minimum Gasteiger partial charge on any atom is -0.505 e. The number of benzene rings is 2. The van der Waals surface area contributed by atoms with Crippen molar-refractivity contribution < 1.29 is 38.7 Å². The summed E-state index contributed by atoms with van der Waals surface area (Å²) >= 11 is 0. The van der Waals surface area contributed by atoms with Gasteiger partial charge in [-0.25, -0.2) is 4.79 Å². The van der Waals surface area contributed by atoms with E-state index in [0.29, 0.717) is 25.6 Å². The lowest BCUT2D eigenvalue weighted by atomic mass is 10.1. The van der Waals surface area contributed by atoms with Crippen LogP contribution in [0.25, 0.3) is 0 Å². The number of aromatic carboxylic acids is 1. The molecule has 0 radical (unpaired) electrons. The monoisotopic (exact) mass is 405 g/mol. The molecule has 2 aromatic rings. The van der Waals surface area contributed by atoms with Gasteiger partial charge in [-0.1, -0.05) is 0 Å². The van der Waals surface area contributed by atoms with Crippen LogP contribution in [0.1, 0.15) is 27.6 Å². The van der Waals surface area contributed by atoms with Crippen molar-refractivity contribution in [1.29, 1.82) is 0 Å². The molecule has 0 aliphatic heterocycles. The number of hydrogen-bond donors (Lipinski definition) is 3. The number of methoxy groups -OCH3 is 2. The fourth-order valence-electron chi connectivity index (χ4n) is 2.52. The van der Waals surface area contributed by atoms with Crippen LogP contribution >= 0.6 is 0 Å². The average Bonchev–Trinajstić information content (AvgIpc) is 2.72. The molecule has 0 saturated carbocycles. The van der Waals surface area contributed by atoms with Gasteiger partial charge in [0.15, 0.2) is 5.75 Å². The molecule has 0 aliphatic rings. The lowest BCUT2D eigenvalue weighted by Gasteiger charge is -2.16. The normalized spacial score (nSPS) is 10.3. The van der Waals surface area contributed by atoms with E-state index >= 15 is 0 Å². The van der Waals surface area contributed by atoms with Crippen molar-refractivity contribution in [3.05, 3.63) is 41.5 Å². The third-order valence-electron chi connectivity index (χ3n) is 3.94. The van der Waals surface area contributed by atoms with Gasteiger partial charge in [0.05, 0.1) is 20.8 Å². The molecule has 9 heteroatoms. The zero-order valence-corrected chi connectivity index (χ0v) is 16.4. The number of carboxylic acid groups (broad SMARTS) is 1. The zero-order valence-electron chi connectivity index (χ0n) is 16.4. The molecule has 3 N–H and O–H groups in total. The molecule has 0 aliphatic carbocycles. The molecule has 2 rings (SSSR count). The molecule has 0 heterocycles. The number of aromatic hydroxyl groups is 1. The Morgan fingerprint density at radius 2 is 1.69 bits per heavy atom. The first-order valence-corrected chi connectivity index (χ1v) is 8.76. The first-order chi connectivity index (χ1) is 13.9. The van der Waals surface area contributed by atoms with Gasteiger partial charge < -0.3 is 34.5 Å². The standard InChI is InChI=1S/C20H23NO8/c1-4-28-9-10-29-13-7-5-12(6-8-13)19(23)21-17-15(27-3)11-14(26-2)16(18(17)22)20(24)25/h5-8,11,22H,4,9-10H2,1-3H3,(H,21,23)(H,24,25). The van der Waals surface area contributed by atoms with E-state index in [1.165, 1.54) is 32.4 Å². The van der Waals surface area contributed by atoms with Crippen LogP contribution in [0.4, 0.5) is 5.69 Å². The molecule has 0 saturated heterocycles. The highest BCUT2D eigenvalue weighted by atomic mass is 16.5. The molecular weight excluding hydrogens is 382 g/mol. The van der Waals surface area contributed by atoms with Crippen LogP contribution in [0.15, 0.2) is 30.3 Å². The minimum atomic E-state index is -1.41. The number of rotatable bonds is 10. The first kappa shape index (κ1) is 21.8. The van der Waals surface area contributed by atoms with E-state index in [2.05, 4.69) is 5.32 Å². The van der Waals surface area contributed by atoms with Crippen molar-refractivity contribution in [2.45, 2.75) is 6.92 Å². The maximum Gasteiger partial charge on any atom is 0.343 e. The van der Waals surface area contributed by atoms with Gasteiger partial charge in [-0.15, -0.1) is 0 Å². The third kappa shape index (κ3) is 5.29. The number of hydrogen-bond acceptors (Lipinski definition) is 7. The van der Waals surface area contributed by atoms with E-state index in [9.17, 15) is 19.8 Å². The van der Waals surface area contributed by atoms with Crippen LogP contribution in [0, 0.1) is 0 Å². The summed E-state index contributed by atoms with van der Waals surface area (Å²) in [6.07, 6.45) is 0. The second-order valence-electron chi connectivity index (χ2n) is 5.71. The molecule has 0 spiro atoms. The molecule has 0 unspecified atom stereocenters. The van der Waals surface area contributed by atoms with Crippen molar-refractivity contribution in [3.63, 3.8) is 0 Å². The van der Waals surface area contributed by atoms with Crippen LogP contribution < -0.4 is 19.5 Å². The SMILES string of the molecule is CCOCCOc1ccc(C(=O)Nc2c(OC)cc(OC)c(C(=O)O)c2O)cc1. The summed E-state index contributed by atoms with van der Waals surface area (Å²) in [4.78, 5) is 24.0. The lowest BCUT2D eigenvalue weighted by Crippen LogP contribution is -2.14. The predicted octanol–water partition coefficient (Wildman–Crippen LogP) is 2.78. The molecule has 0 atom stereocenters. The summed E-state index contributed by atoms with van der Waals surface area (Å²) in [5.74, 6) is -2.13. The summed E-state index contributed by atoms with van der Waals surface area (Å²) in [6.45, 7) is 3.34. The Kier molecular flexibility index (Phi) is 7.67. The molecule has 0 aromatic heterocycles. The molecule has 0 bridgehead atoms. The van der Waals surface area contributed by atoms with Gasteiger partial charge in [0.1, 0.15) is 35.1 Å². The zero-order chi connectivity index (χ0) is 21.4. The molecular formula is C20H23NO8. The Balaban J connectivity index is 2.21. The number of amides is 1. The number of carboxylic acids is 1. The lowest BCUT2D eigenvalue weighted by molar-refractivity contribution is 0.0689. The van der Waals surface area contributed by atoms with E-state index in [4.69, 9.17) is 18.9 Å². The number of anilines is 1. The number of carbonyl (C=O) groups excluding carboxylic acids is 1. The highest BCUT2D eigenvalue weighted by molar-refractivity contribution is 6.08. The van der Waals surface area contributed by atoms with E-state index < -0.39 is 23.2 Å². The van der Waals surface area contributed by atoms with Gasteiger partial charge in [0.25, 0.3) is 5.91 Å². The molecule has 2 aromatic carbocycles. The second kappa shape index (κ2) is 10.2. The Labute approximate surface area is 167 Å². The van der Waals surface area contributed by atoms with Crippen molar-refractivity contribution in [2.24, 2.45) is 0 Å². The molecule has 0 fully saturated rings. The van der Waals surface area contributed by atoms with Gasteiger partial charge >= 0.3 is 5.97 Å². The summed E-state index contributed by atoms with van der Waals surface area (Å²) in [5.41, 5.74) is -0.384. The van der Waals surface area contributed by atoms with Crippen molar-refractivity contribution in [3.8, 4) is 23.0 Å². The van der Waals surface area contributed by atoms with E-state index in [-0.39, 0.29) is 22.7 Å². The maximum absolute atomic E-state index is 12.6. The first-order valence-electron chi connectivity index (χ1n) is 8.76. The topological polar surface area (TPSA) is 124 Å². The van der Waals surface area contributed by atoms with E-state index in [1.54, 1.807) is 12.1 Å². The number of ether oxygens (including phenoxy) is 4. The van der Waals surface area contributed by atoms with Crippen LogP contribution in [0.5, 0.6) is 23.0 Å². The van der Waals surface area contributed by atoms with Gasteiger partial charge in [0.2, 0.25) is 0 Å². The highest BCUT2D eigenvalue weighted by Gasteiger charge is 2.25. The van der Waals surface area contributed by atoms with E-state index in [1.807, 2.05) is 6.92 Å². The Bertz CT molecular complexity index is 864. The number of nitrogens with one attached hydrogen (secondary N) is 1. The summed E-state index contributed by atoms with van der Waals surface area (Å²) in [5, 5.41) is 22.2. The summed E-state index contributed by atoms with van der Waals surface area (Å²) < 4.78 is 20.8. The van der Waals surface area contributed by atoms with Gasteiger partial charge in [-0.05, 0) is 31.2 Å². The van der Waals surface area contributed by atoms with Gasteiger partial charge in [0, 0.05) is 18.2 Å². The van der Waals surface area contributed by atoms with Gasteiger partial charge in [-0.2, -0.15) is 0 Å². The molecule has 9 nitrogen and oxygen atoms in total. The maximum atomic E-state index is 12.6. The highest BCUT2D eigenvalue weighted by Crippen LogP contribution is 2.42. The molecule has 29 heavy (non-hydrogen) atoms.